The molecule has 104 valence electrons. The molecule has 4 N–H and O–H groups in total. The summed E-state index contributed by atoms with van der Waals surface area (Å²) in [6.07, 6.45) is 2.42. The van der Waals surface area contributed by atoms with Crippen molar-refractivity contribution >= 4 is 31.4 Å². The maximum atomic E-state index is 11.7. The van der Waals surface area contributed by atoms with Crippen molar-refractivity contribution in [3.05, 3.63) is 29.5 Å². The van der Waals surface area contributed by atoms with E-state index in [4.69, 9.17) is 5.14 Å². The molecule has 0 spiro atoms. The van der Waals surface area contributed by atoms with Crippen LogP contribution in [0.2, 0.25) is 0 Å². The third kappa shape index (κ3) is 3.39. The topological polar surface area (TPSA) is 135 Å². The molecule has 0 fully saturated rings. The van der Waals surface area contributed by atoms with Gasteiger partial charge in [0.05, 0.1) is 12.5 Å². The highest BCUT2D eigenvalue weighted by molar-refractivity contribution is 7.91. The minimum Gasteiger partial charge on any atom is -0.335 e. The summed E-state index contributed by atoms with van der Waals surface area (Å²) in [7, 11) is -7.44. The standard InChI is InChI=1S/C8H10N4O4S3/c9-18(13,14)8-2-1-6(17-8)3-12-19(15,16)7-4-10-5-11-7/h1-2,4-5,12H,3H2,(H,10,11)(H2,9,13,14). The minimum absolute atomic E-state index is 0.0109. The Hall–Kier alpha value is -1.27. The van der Waals surface area contributed by atoms with Gasteiger partial charge in [0.1, 0.15) is 4.21 Å². The van der Waals surface area contributed by atoms with Crippen LogP contribution < -0.4 is 9.86 Å². The Morgan fingerprint density at radius 2 is 2.05 bits per heavy atom. The maximum absolute atomic E-state index is 11.7. The molecule has 2 heterocycles. The van der Waals surface area contributed by atoms with E-state index in [0.29, 0.717) is 4.88 Å². The Morgan fingerprint density at radius 1 is 1.32 bits per heavy atom. The molecule has 0 aromatic carbocycles. The summed E-state index contributed by atoms with van der Waals surface area (Å²) in [6.45, 7) is -0.0263. The van der Waals surface area contributed by atoms with Gasteiger partial charge in [0, 0.05) is 11.4 Å². The highest BCUT2D eigenvalue weighted by atomic mass is 32.2. The fraction of sp³-hybridized carbons (Fsp3) is 0.125. The average Bonchev–Trinajstić information content (AvgIpc) is 2.97. The molecule has 19 heavy (non-hydrogen) atoms. The first-order chi connectivity index (χ1) is 8.79. The predicted molar refractivity (Wildman–Crippen MR) is 68.3 cm³/mol. The third-order valence-corrected chi connectivity index (χ3v) is 5.97. The zero-order valence-corrected chi connectivity index (χ0v) is 11.8. The van der Waals surface area contributed by atoms with E-state index in [1.165, 1.54) is 24.7 Å². The van der Waals surface area contributed by atoms with Gasteiger partial charge in [0.2, 0.25) is 10.0 Å². The van der Waals surface area contributed by atoms with E-state index < -0.39 is 20.0 Å². The van der Waals surface area contributed by atoms with Crippen molar-refractivity contribution in [1.82, 2.24) is 14.7 Å². The summed E-state index contributed by atoms with van der Waals surface area (Å²) in [5.41, 5.74) is 0. The molecule has 0 atom stereocenters. The van der Waals surface area contributed by atoms with E-state index >= 15 is 0 Å². The number of nitrogens with zero attached hydrogens (tertiary/aromatic N) is 1. The molecule has 11 heteroatoms. The van der Waals surface area contributed by atoms with Gasteiger partial charge in [-0.25, -0.2) is 31.7 Å². The van der Waals surface area contributed by atoms with Gasteiger partial charge in [0.25, 0.3) is 10.0 Å². The van der Waals surface area contributed by atoms with Crippen LogP contribution in [-0.2, 0) is 26.6 Å². The molecule has 0 amide bonds. The molecule has 2 aromatic rings. The molecule has 0 aliphatic carbocycles. The summed E-state index contributed by atoms with van der Waals surface area (Å²) < 4.78 is 47.9. The van der Waals surface area contributed by atoms with Crippen LogP contribution in [0, 0.1) is 0 Å². The van der Waals surface area contributed by atoms with Gasteiger partial charge in [-0.2, -0.15) is 0 Å². The lowest BCUT2D eigenvalue weighted by molar-refractivity contribution is 0.578. The van der Waals surface area contributed by atoms with Crippen LogP contribution in [0.15, 0.2) is 33.9 Å². The molecule has 0 unspecified atom stereocenters. The van der Waals surface area contributed by atoms with Crippen LogP contribution in [0.3, 0.4) is 0 Å². The second-order valence-corrected chi connectivity index (χ2v) is 8.20. The van der Waals surface area contributed by atoms with Crippen LogP contribution in [-0.4, -0.2) is 26.8 Å². The Balaban J connectivity index is 2.10. The van der Waals surface area contributed by atoms with E-state index in [0.717, 1.165) is 11.3 Å². The smallest absolute Gasteiger partial charge is 0.257 e. The first-order valence-corrected chi connectivity index (χ1v) is 8.73. The van der Waals surface area contributed by atoms with Crippen molar-refractivity contribution < 1.29 is 16.8 Å². The molecule has 2 rings (SSSR count). The number of primary sulfonamides is 1. The number of rotatable bonds is 5. The molecule has 8 nitrogen and oxygen atoms in total. The largest absolute Gasteiger partial charge is 0.335 e. The summed E-state index contributed by atoms with van der Waals surface area (Å²) in [6, 6.07) is 2.83. The van der Waals surface area contributed by atoms with E-state index in [1.807, 2.05) is 0 Å². The fourth-order valence-electron chi connectivity index (χ4n) is 1.24. The molecule has 0 bridgehead atoms. The van der Waals surface area contributed by atoms with E-state index in [1.54, 1.807) is 0 Å². The van der Waals surface area contributed by atoms with Gasteiger partial charge in [-0.1, -0.05) is 0 Å². The average molecular weight is 322 g/mol. The van der Waals surface area contributed by atoms with Gasteiger partial charge in [-0.15, -0.1) is 11.3 Å². The van der Waals surface area contributed by atoms with Crippen LogP contribution in [0.1, 0.15) is 4.88 Å². The number of aromatic nitrogens is 2. The van der Waals surface area contributed by atoms with Gasteiger partial charge in [-0.05, 0) is 12.1 Å². The normalized spacial score (nSPS) is 12.7. The van der Waals surface area contributed by atoms with Crippen molar-refractivity contribution in [3.63, 3.8) is 0 Å². The second-order valence-electron chi connectivity index (χ2n) is 3.51. The van der Waals surface area contributed by atoms with E-state index in [9.17, 15) is 16.8 Å². The number of nitrogens with one attached hydrogen (secondary N) is 2. The molecular formula is C8H10N4O4S3. The Labute approximate surface area is 113 Å². The summed E-state index contributed by atoms with van der Waals surface area (Å²) in [5, 5.41) is 4.90. The summed E-state index contributed by atoms with van der Waals surface area (Å²) >= 11 is 0.912. The van der Waals surface area contributed by atoms with Crippen LogP contribution in [0.5, 0.6) is 0 Å². The van der Waals surface area contributed by atoms with Gasteiger partial charge < -0.3 is 4.98 Å². The van der Waals surface area contributed by atoms with Crippen molar-refractivity contribution in [2.24, 2.45) is 5.14 Å². The monoisotopic (exact) mass is 322 g/mol. The van der Waals surface area contributed by atoms with Gasteiger partial charge in [-0.3, -0.25) is 0 Å². The zero-order valence-electron chi connectivity index (χ0n) is 9.40. The number of hydrogen-bond donors (Lipinski definition) is 3. The van der Waals surface area contributed by atoms with Crippen molar-refractivity contribution in [1.29, 1.82) is 0 Å². The Kier molecular flexibility index (Phi) is 3.73. The minimum atomic E-state index is -3.75. The number of nitrogens with two attached hydrogens (primary N) is 1. The number of aromatic amines is 1. The number of thiophene rings is 1. The molecule has 0 saturated heterocycles. The van der Waals surface area contributed by atoms with Crippen LogP contribution in [0.25, 0.3) is 0 Å². The zero-order chi connectivity index (χ0) is 14.1. The quantitative estimate of drug-likeness (QED) is 0.688. The first-order valence-electron chi connectivity index (χ1n) is 4.88. The second kappa shape index (κ2) is 5.02. The first kappa shape index (κ1) is 14.1. The Bertz CT molecular complexity index is 761. The predicted octanol–water partition coefficient (Wildman–Crippen LogP) is -0.403. The van der Waals surface area contributed by atoms with E-state index in [-0.39, 0.29) is 15.8 Å². The fourth-order valence-corrected chi connectivity index (χ4v) is 3.96. The lowest BCUT2D eigenvalue weighted by Crippen LogP contribution is -2.23. The SMILES string of the molecule is NS(=O)(=O)c1ccc(CNS(=O)(=O)c2cnc[nH]2)s1. The number of H-pyrrole nitrogens is 1. The van der Waals surface area contributed by atoms with Gasteiger partial charge in [0.15, 0.2) is 5.03 Å². The summed E-state index contributed by atoms with van der Waals surface area (Å²) in [5.74, 6) is 0. The van der Waals surface area contributed by atoms with Gasteiger partial charge >= 0.3 is 0 Å². The number of hydrogen-bond acceptors (Lipinski definition) is 6. The van der Waals surface area contributed by atoms with Crippen molar-refractivity contribution in [2.75, 3.05) is 0 Å². The van der Waals surface area contributed by atoms with Crippen molar-refractivity contribution in [2.45, 2.75) is 15.8 Å². The Morgan fingerprint density at radius 3 is 2.58 bits per heavy atom. The molecule has 0 saturated carbocycles. The maximum Gasteiger partial charge on any atom is 0.257 e. The molecule has 2 aromatic heterocycles. The lowest BCUT2D eigenvalue weighted by Gasteiger charge is -2.02. The van der Waals surface area contributed by atoms with Crippen LogP contribution >= 0.6 is 11.3 Å². The summed E-state index contributed by atoms with van der Waals surface area (Å²) in [4.78, 5) is 6.62. The number of imidazole rings is 1. The van der Waals surface area contributed by atoms with Crippen LogP contribution in [0.4, 0.5) is 0 Å². The van der Waals surface area contributed by atoms with Crippen molar-refractivity contribution in [3.8, 4) is 0 Å². The lowest BCUT2D eigenvalue weighted by atomic mass is 10.5. The third-order valence-electron chi connectivity index (χ3n) is 2.12. The molecular weight excluding hydrogens is 312 g/mol. The molecule has 0 aliphatic heterocycles. The highest BCUT2D eigenvalue weighted by Gasteiger charge is 2.16. The highest BCUT2D eigenvalue weighted by Crippen LogP contribution is 2.20. The molecule has 0 radical (unpaired) electrons. The van der Waals surface area contributed by atoms with E-state index in [2.05, 4.69) is 14.7 Å². The molecule has 0 aliphatic rings. The number of sulfonamides is 2.